The molecule has 0 atom stereocenters. The van der Waals surface area contributed by atoms with Crippen molar-refractivity contribution in [3.05, 3.63) is 18.0 Å². The van der Waals surface area contributed by atoms with Crippen molar-refractivity contribution >= 4 is 21.8 Å². The molecule has 1 aromatic rings. The molecule has 1 aliphatic rings. The largest absolute Gasteiger partial charge is 0.352 e. The first-order valence-corrected chi connectivity index (χ1v) is 10.3. The maximum absolute atomic E-state index is 12.2. The maximum Gasteiger partial charge on any atom is 0.242 e. The zero-order chi connectivity index (χ0) is 15.3. The Labute approximate surface area is 131 Å². The molecule has 0 saturated heterocycles. The van der Waals surface area contributed by atoms with Crippen LogP contribution in [0.1, 0.15) is 31.4 Å². The van der Waals surface area contributed by atoms with Gasteiger partial charge in [-0.15, -0.1) is 0 Å². The minimum Gasteiger partial charge on any atom is -0.352 e. The van der Waals surface area contributed by atoms with Crippen LogP contribution < -0.4 is 10.0 Å². The molecule has 0 bridgehead atoms. The van der Waals surface area contributed by atoms with Crippen molar-refractivity contribution in [1.82, 2.24) is 14.6 Å². The summed E-state index contributed by atoms with van der Waals surface area (Å²) in [7, 11) is -1.49. The average Bonchev–Trinajstić information content (AvgIpc) is 3.19. The Morgan fingerprint density at radius 1 is 1.38 bits per heavy atom. The summed E-state index contributed by atoms with van der Waals surface area (Å²) in [4.78, 5) is 0.363. The Hall–Kier alpha value is -0.500. The number of nitrogens with zero attached hydrogens (tertiary/aromatic N) is 1. The Bertz CT molecular complexity index is 551. The van der Waals surface area contributed by atoms with Gasteiger partial charge >= 0.3 is 0 Å². The third-order valence-electron chi connectivity index (χ3n) is 3.61. The van der Waals surface area contributed by atoms with Crippen LogP contribution in [0.4, 0.5) is 0 Å². The number of hydrogen-bond donors (Lipinski definition) is 2. The SMILES string of the molecule is CSCCCCNS(=O)(=O)c1cc(CNC2CC2)n(C)c1. The fourth-order valence-electron chi connectivity index (χ4n) is 2.10. The van der Waals surface area contributed by atoms with Gasteiger partial charge in [0.25, 0.3) is 0 Å². The first-order chi connectivity index (χ1) is 10.0. The molecule has 0 radical (unpaired) electrons. The van der Waals surface area contributed by atoms with Gasteiger partial charge in [0.1, 0.15) is 0 Å². The highest BCUT2D eigenvalue weighted by molar-refractivity contribution is 7.98. The number of hydrogen-bond acceptors (Lipinski definition) is 4. The van der Waals surface area contributed by atoms with Crippen LogP contribution >= 0.6 is 11.8 Å². The lowest BCUT2D eigenvalue weighted by Crippen LogP contribution is -2.24. The van der Waals surface area contributed by atoms with Crippen LogP contribution in [0.5, 0.6) is 0 Å². The lowest BCUT2D eigenvalue weighted by atomic mass is 10.3. The van der Waals surface area contributed by atoms with E-state index in [0.717, 1.165) is 30.8 Å². The van der Waals surface area contributed by atoms with E-state index in [2.05, 4.69) is 16.3 Å². The summed E-state index contributed by atoms with van der Waals surface area (Å²) in [5.74, 6) is 1.07. The molecule has 0 aromatic carbocycles. The smallest absolute Gasteiger partial charge is 0.242 e. The monoisotopic (exact) mass is 331 g/mol. The number of rotatable bonds is 10. The van der Waals surface area contributed by atoms with E-state index in [9.17, 15) is 8.42 Å². The highest BCUT2D eigenvalue weighted by atomic mass is 32.2. The van der Waals surface area contributed by atoms with Crippen LogP contribution in [0.25, 0.3) is 0 Å². The number of unbranched alkanes of at least 4 members (excludes halogenated alkanes) is 1. The number of aromatic nitrogens is 1. The molecule has 0 amide bonds. The Kier molecular flexibility index (Phi) is 6.16. The minimum atomic E-state index is -3.38. The van der Waals surface area contributed by atoms with Gasteiger partial charge in [0, 0.05) is 38.1 Å². The predicted molar refractivity (Wildman–Crippen MR) is 88.1 cm³/mol. The highest BCUT2D eigenvalue weighted by Crippen LogP contribution is 2.20. The molecule has 1 heterocycles. The van der Waals surface area contributed by atoms with Crippen molar-refractivity contribution in [3.8, 4) is 0 Å². The second kappa shape index (κ2) is 7.67. The lowest BCUT2D eigenvalue weighted by molar-refractivity contribution is 0.578. The van der Waals surface area contributed by atoms with Gasteiger partial charge < -0.3 is 9.88 Å². The van der Waals surface area contributed by atoms with E-state index >= 15 is 0 Å². The molecule has 1 saturated carbocycles. The number of sulfonamides is 1. The van der Waals surface area contributed by atoms with Crippen molar-refractivity contribution < 1.29 is 8.42 Å². The second-order valence-electron chi connectivity index (χ2n) is 5.53. The fraction of sp³-hybridized carbons (Fsp3) is 0.714. The minimum absolute atomic E-state index is 0.363. The van der Waals surface area contributed by atoms with Crippen LogP contribution in [-0.4, -0.2) is 37.6 Å². The first kappa shape index (κ1) is 16.9. The zero-order valence-corrected chi connectivity index (χ0v) is 14.4. The number of nitrogens with one attached hydrogen (secondary N) is 2. The molecule has 7 heteroatoms. The van der Waals surface area contributed by atoms with E-state index in [1.165, 1.54) is 12.8 Å². The van der Waals surface area contributed by atoms with Gasteiger partial charge in [-0.25, -0.2) is 13.1 Å². The second-order valence-corrected chi connectivity index (χ2v) is 8.28. The molecule has 2 rings (SSSR count). The van der Waals surface area contributed by atoms with E-state index in [1.54, 1.807) is 24.0 Å². The van der Waals surface area contributed by atoms with Gasteiger partial charge in [-0.3, -0.25) is 0 Å². The molecule has 5 nitrogen and oxygen atoms in total. The van der Waals surface area contributed by atoms with Crippen LogP contribution in [0, 0.1) is 0 Å². The summed E-state index contributed by atoms with van der Waals surface area (Å²) >= 11 is 1.79. The third-order valence-corrected chi connectivity index (χ3v) is 5.73. The van der Waals surface area contributed by atoms with Gasteiger partial charge in [-0.2, -0.15) is 11.8 Å². The fourth-order valence-corrected chi connectivity index (χ4v) is 3.76. The predicted octanol–water partition coefficient (Wildman–Crippen LogP) is 1.70. The summed E-state index contributed by atoms with van der Waals surface area (Å²) in [5, 5.41) is 3.41. The van der Waals surface area contributed by atoms with Gasteiger partial charge in [0.05, 0.1) is 4.90 Å². The van der Waals surface area contributed by atoms with Gasteiger partial charge in [0.2, 0.25) is 10.0 Å². The van der Waals surface area contributed by atoms with Crippen LogP contribution in [0.2, 0.25) is 0 Å². The Morgan fingerprint density at radius 3 is 2.81 bits per heavy atom. The molecule has 0 unspecified atom stereocenters. The van der Waals surface area contributed by atoms with Crippen LogP contribution in [0.15, 0.2) is 17.2 Å². The van der Waals surface area contributed by atoms with Gasteiger partial charge in [-0.1, -0.05) is 0 Å². The quantitative estimate of drug-likeness (QED) is 0.641. The van der Waals surface area contributed by atoms with E-state index in [1.807, 2.05) is 11.6 Å². The Balaban J connectivity index is 1.87. The average molecular weight is 332 g/mol. The molecule has 2 N–H and O–H groups in total. The summed E-state index contributed by atoms with van der Waals surface area (Å²) < 4.78 is 29.0. The van der Waals surface area contributed by atoms with Crippen molar-refractivity contribution in [2.24, 2.45) is 7.05 Å². The van der Waals surface area contributed by atoms with Crippen molar-refractivity contribution in [2.45, 2.75) is 43.2 Å². The molecular formula is C14H25N3O2S2. The van der Waals surface area contributed by atoms with E-state index < -0.39 is 10.0 Å². The maximum atomic E-state index is 12.2. The van der Waals surface area contributed by atoms with Crippen LogP contribution in [0.3, 0.4) is 0 Å². The van der Waals surface area contributed by atoms with Gasteiger partial charge in [-0.05, 0) is 43.8 Å². The third kappa shape index (κ3) is 5.32. The molecular weight excluding hydrogens is 306 g/mol. The molecule has 1 aromatic heterocycles. The summed E-state index contributed by atoms with van der Waals surface area (Å²) in [6.07, 6.45) is 8.12. The Morgan fingerprint density at radius 2 is 2.14 bits per heavy atom. The molecule has 0 spiro atoms. The van der Waals surface area contributed by atoms with Crippen molar-refractivity contribution in [1.29, 1.82) is 0 Å². The lowest BCUT2D eigenvalue weighted by Gasteiger charge is -2.04. The van der Waals surface area contributed by atoms with E-state index in [0.29, 0.717) is 17.5 Å². The van der Waals surface area contributed by atoms with E-state index in [-0.39, 0.29) is 0 Å². The molecule has 0 aliphatic heterocycles. The zero-order valence-electron chi connectivity index (χ0n) is 12.8. The summed E-state index contributed by atoms with van der Waals surface area (Å²) in [6.45, 7) is 1.23. The normalized spacial score (nSPS) is 15.5. The molecule has 120 valence electrons. The topological polar surface area (TPSA) is 63.1 Å². The van der Waals surface area contributed by atoms with E-state index in [4.69, 9.17) is 0 Å². The molecule has 21 heavy (non-hydrogen) atoms. The summed E-state index contributed by atoms with van der Waals surface area (Å²) in [6, 6.07) is 2.38. The highest BCUT2D eigenvalue weighted by Gasteiger charge is 2.22. The first-order valence-electron chi connectivity index (χ1n) is 7.40. The molecule has 1 fully saturated rings. The van der Waals surface area contributed by atoms with Crippen molar-refractivity contribution in [2.75, 3.05) is 18.6 Å². The van der Waals surface area contributed by atoms with Gasteiger partial charge in [0.15, 0.2) is 0 Å². The standard InChI is InChI=1S/C14H25N3O2S2/c1-17-11-14(9-13(17)10-15-12-5-6-12)21(18,19)16-7-3-4-8-20-2/h9,11-12,15-16H,3-8,10H2,1-2H3. The van der Waals surface area contributed by atoms with Crippen molar-refractivity contribution in [3.63, 3.8) is 0 Å². The molecule has 1 aliphatic carbocycles. The van der Waals surface area contributed by atoms with Crippen LogP contribution in [-0.2, 0) is 23.6 Å². The number of thioether (sulfide) groups is 1. The summed E-state index contributed by atoms with van der Waals surface area (Å²) in [5.41, 5.74) is 1.00. The number of aryl methyl sites for hydroxylation is 1.